The first kappa shape index (κ1) is 33.7. The molecule has 1 amide bonds. The van der Waals surface area contributed by atoms with Gasteiger partial charge < -0.3 is 9.64 Å². The van der Waals surface area contributed by atoms with Crippen LogP contribution in [-0.2, 0) is 10.0 Å². The first-order valence-electron chi connectivity index (χ1n) is 16.8. The van der Waals surface area contributed by atoms with E-state index in [1.54, 1.807) is 18.2 Å². The molecule has 6 bridgehead atoms. The fourth-order valence-electron chi connectivity index (χ4n) is 8.36. The molecule has 2 atom stereocenters. The van der Waals surface area contributed by atoms with Crippen molar-refractivity contribution < 1.29 is 17.9 Å². The topological polar surface area (TPSA) is 105 Å². The predicted octanol–water partition coefficient (Wildman–Crippen LogP) is 6.64. The maximum Gasteiger partial charge on any atom is 0.264 e. The molecule has 1 saturated heterocycles. The molecule has 47 heavy (non-hydrogen) atoms. The molecule has 4 aliphatic rings. The van der Waals surface area contributed by atoms with Gasteiger partial charge in [-0.1, -0.05) is 57.4 Å². The second-order valence-corrected chi connectivity index (χ2v) is 16.1. The minimum Gasteiger partial charge on any atom is -0.471 e. The van der Waals surface area contributed by atoms with Crippen LogP contribution in [0, 0.1) is 25.2 Å². The number of aryl methyl sites for hydroxylation is 2. The van der Waals surface area contributed by atoms with E-state index in [2.05, 4.69) is 33.4 Å². The Hall–Kier alpha value is -3.21. The number of anilines is 1. The van der Waals surface area contributed by atoms with Gasteiger partial charge in [-0.25, -0.2) is 18.1 Å². The third kappa shape index (κ3) is 6.61. The monoisotopic (exact) mass is 679 g/mol. The molecule has 0 unspecified atom stereocenters. The molecule has 2 aliphatic carbocycles. The zero-order chi connectivity index (χ0) is 32.2. The Balaban J connectivity index is 0.00000386. The predicted molar refractivity (Wildman–Crippen MR) is 186 cm³/mol. The summed E-state index contributed by atoms with van der Waals surface area (Å²) in [4.78, 5) is 28.1. The van der Waals surface area contributed by atoms with E-state index < -0.39 is 10.0 Å². The lowest BCUT2D eigenvalue weighted by atomic mass is 9.58. The summed E-state index contributed by atoms with van der Waals surface area (Å²) in [5, 5.41) is 0. The highest BCUT2D eigenvalue weighted by Crippen LogP contribution is 2.53. The van der Waals surface area contributed by atoms with Gasteiger partial charge in [0.2, 0.25) is 11.8 Å². The number of aromatic nitrogens is 2. The van der Waals surface area contributed by atoms with Crippen LogP contribution in [0.2, 0.25) is 0 Å². The molecule has 1 N–H and O–H groups in total. The van der Waals surface area contributed by atoms with E-state index >= 15 is 0 Å². The Morgan fingerprint density at radius 3 is 2.34 bits per heavy atom. The van der Waals surface area contributed by atoms with E-state index in [1.807, 2.05) is 36.9 Å². The number of hydrogen-bond donors (Lipinski definition) is 1. The van der Waals surface area contributed by atoms with Crippen molar-refractivity contribution in [2.75, 3.05) is 24.4 Å². The third-order valence-electron chi connectivity index (χ3n) is 10.8. The summed E-state index contributed by atoms with van der Waals surface area (Å²) in [6.07, 6.45) is 8.70. The van der Waals surface area contributed by atoms with Crippen molar-refractivity contribution in [3.8, 4) is 17.1 Å². The Kier molecular flexibility index (Phi) is 9.32. The van der Waals surface area contributed by atoms with Crippen LogP contribution in [0.1, 0.15) is 80.3 Å². The van der Waals surface area contributed by atoms with Crippen LogP contribution in [-0.4, -0.2) is 71.9 Å². The average molecular weight is 680 g/mol. The van der Waals surface area contributed by atoms with Gasteiger partial charge in [0, 0.05) is 42.4 Å². The normalized spacial score (nSPS) is 24.0. The molecule has 3 aromatic rings. The van der Waals surface area contributed by atoms with E-state index in [9.17, 15) is 13.2 Å². The number of nitrogens with one attached hydrogen (secondary N) is 1. The number of hydrogen-bond acceptors (Lipinski definition) is 7. The molecule has 1 spiro atoms. The van der Waals surface area contributed by atoms with E-state index in [0.717, 1.165) is 23.2 Å². The summed E-state index contributed by atoms with van der Waals surface area (Å²) in [5.74, 6) is 0.233. The zero-order valence-electron chi connectivity index (χ0n) is 27.7. The van der Waals surface area contributed by atoms with Gasteiger partial charge in [0.15, 0.2) is 0 Å². The molecule has 252 valence electrons. The van der Waals surface area contributed by atoms with Crippen molar-refractivity contribution in [3.63, 3.8) is 0 Å². The van der Waals surface area contributed by atoms with Crippen molar-refractivity contribution >= 4 is 34.3 Å². The van der Waals surface area contributed by atoms with Gasteiger partial charge >= 0.3 is 0 Å². The van der Waals surface area contributed by atoms with E-state index in [1.165, 1.54) is 57.1 Å². The van der Waals surface area contributed by atoms with Crippen LogP contribution < -0.4 is 9.46 Å². The minimum atomic E-state index is -4.10. The molecule has 3 fully saturated rings. The molecule has 1 aromatic heterocycles. The SMILES string of the molecule is Cc1cccc(C)c1-c1cc2nc(n1)NS(=O)(=O)c1cccc(c1)C(=O)N1C[C@@H](CN(C3CC4(CCCCC4)C3)C[C@H]1C(C)C)O2.Cl. The molecule has 11 heteroatoms. The zero-order valence-corrected chi connectivity index (χ0v) is 29.4. The van der Waals surface area contributed by atoms with Crippen molar-refractivity contribution in [3.05, 3.63) is 65.2 Å². The van der Waals surface area contributed by atoms with Crippen LogP contribution in [0.15, 0.2) is 53.4 Å². The molecule has 2 aliphatic heterocycles. The Labute approximate surface area is 285 Å². The number of halogens is 1. The van der Waals surface area contributed by atoms with Gasteiger partial charge in [-0.3, -0.25) is 9.69 Å². The van der Waals surface area contributed by atoms with Crippen LogP contribution in [0.25, 0.3) is 11.3 Å². The quantitative estimate of drug-likeness (QED) is 0.331. The molecule has 7 rings (SSSR count). The summed E-state index contributed by atoms with van der Waals surface area (Å²) in [7, 11) is -4.10. The number of carbonyl (C=O) groups is 1. The van der Waals surface area contributed by atoms with E-state index in [4.69, 9.17) is 4.74 Å². The van der Waals surface area contributed by atoms with Crippen molar-refractivity contribution in [1.29, 1.82) is 0 Å². The number of ether oxygens (including phenoxy) is 1. The molecule has 2 saturated carbocycles. The van der Waals surface area contributed by atoms with Gasteiger partial charge in [0.05, 0.1) is 17.1 Å². The van der Waals surface area contributed by atoms with Crippen molar-refractivity contribution in [2.45, 2.75) is 95.7 Å². The minimum absolute atomic E-state index is 0. The summed E-state index contributed by atoms with van der Waals surface area (Å²) < 4.78 is 36.6. The fourth-order valence-corrected chi connectivity index (χ4v) is 9.35. The summed E-state index contributed by atoms with van der Waals surface area (Å²) >= 11 is 0. The number of fused-ring (bicyclic) bond motifs is 6. The van der Waals surface area contributed by atoms with E-state index in [-0.39, 0.29) is 53.1 Å². The van der Waals surface area contributed by atoms with Gasteiger partial charge in [-0.15, -0.1) is 12.4 Å². The number of sulfonamides is 1. The largest absolute Gasteiger partial charge is 0.471 e. The number of nitrogens with zero attached hydrogens (tertiary/aromatic N) is 4. The second-order valence-electron chi connectivity index (χ2n) is 14.4. The lowest BCUT2D eigenvalue weighted by molar-refractivity contribution is -0.0363. The number of benzene rings is 2. The lowest BCUT2D eigenvalue weighted by Gasteiger charge is -2.54. The van der Waals surface area contributed by atoms with Crippen LogP contribution >= 0.6 is 12.4 Å². The summed E-state index contributed by atoms with van der Waals surface area (Å²) in [5.41, 5.74) is 4.34. The van der Waals surface area contributed by atoms with Gasteiger partial charge in [-0.05, 0) is 80.2 Å². The summed E-state index contributed by atoms with van der Waals surface area (Å²) in [6, 6.07) is 14.5. The molecule has 2 aromatic carbocycles. The third-order valence-corrected chi connectivity index (χ3v) is 12.1. The van der Waals surface area contributed by atoms with Crippen LogP contribution in [0.5, 0.6) is 5.88 Å². The number of rotatable bonds is 3. The lowest BCUT2D eigenvalue weighted by Crippen LogP contribution is -2.55. The van der Waals surface area contributed by atoms with Crippen molar-refractivity contribution in [2.24, 2.45) is 11.3 Å². The van der Waals surface area contributed by atoms with Gasteiger partial charge in [0.25, 0.3) is 15.9 Å². The molecule has 0 radical (unpaired) electrons. The summed E-state index contributed by atoms with van der Waals surface area (Å²) in [6.45, 7) is 10.2. The Bertz CT molecular complexity index is 1730. The standard InChI is InChI=1S/C36H45N5O4S.ClH/c1-23(2)31-22-40(27-18-36(19-27)14-6-5-7-15-36)20-28-21-41(31)34(42)26-12-9-13-29(16-26)46(43,44)39-35-37-30(17-32(38-35)45-28)33-24(3)10-8-11-25(33)4;/h8-13,16-17,23,27-28,31H,5-7,14-15,18-22H2,1-4H3,(H,37,38,39);1H/t28-,31+;/m1./s1. The van der Waals surface area contributed by atoms with Gasteiger partial charge in [0.1, 0.15) is 6.10 Å². The second kappa shape index (κ2) is 13.0. The first-order valence-corrected chi connectivity index (χ1v) is 18.3. The Morgan fingerprint density at radius 2 is 1.64 bits per heavy atom. The highest BCUT2D eigenvalue weighted by atomic mass is 35.5. The van der Waals surface area contributed by atoms with Crippen LogP contribution in [0.3, 0.4) is 0 Å². The molecular formula is C36H46ClN5O4S. The van der Waals surface area contributed by atoms with Crippen molar-refractivity contribution in [1.82, 2.24) is 19.8 Å². The number of amides is 1. The van der Waals surface area contributed by atoms with Crippen LogP contribution in [0.4, 0.5) is 5.95 Å². The first-order chi connectivity index (χ1) is 22.0. The maximum absolute atomic E-state index is 14.3. The van der Waals surface area contributed by atoms with E-state index in [0.29, 0.717) is 35.8 Å². The maximum atomic E-state index is 14.3. The smallest absolute Gasteiger partial charge is 0.264 e. The highest BCUT2D eigenvalue weighted by molar-refractivity contribution is 7.92. The average Bonchev–Trinajstić information content (AvgIpc) is 3.19. The van der Waals surface area contributed by atoms with Gasteiger partial charge in [-0.2, -0.15) is 4.98 Å². The molecule has 3 heterocycles. The molecule has 9 nitrogen and oxygen atoms in total. The fraction of sp³-hybridized carbons (Fsp3) is 0.528. The number of carbonyl (C=O) groups excluding carboxylic acids is 1. The highest BCUT2D eigenvalue weighted by Gasteiger charge is 2.49. The Morgan fingerprint density at radius 1 is 0.936 bits per heavy atom. The molecular weight excluding hydrogens is 634 g/mol.